The Morgan fingerprint density at radius 3 is 2.73 bits per heavy atom. The molecule has 0 aliphatic rings. The van der Waals surface area contributed by atoms with E-state index in [4.69, 9.17) is 0 Å². The molecule has 0 atom stereocenters. The van der Waals surface area contributed by atoms with Gasteiger partial charge in [0, 0.05) is 0 Å². The Bertz CT molecular complexity index is 217. The molecule has 0 aromatic carbocycles. The van der Waals surface area contributed by atoms with Crippen molar-refractivity contribution in [3.8, 4) is 0 Å². The molecule has 0 saturated carbocycles. The van der Waals surface area contributed by atoms with E-state index < -0.39 is 0 Å². The number of rotatable bonds is 2. The van der Waals surface area contributed by atoms with Crippen LogP contribution in [0.1, 0.15) is 13.8 Å². The van der Waals surface area contributed by atoms with Crippen molar-refractivity contribution in [2.75, 3.05) is 0 Å². The van der Waals surface area contributed by atoms with E-state index in [1.54, 1.807) is 0 Å². The summed E-state index contributed by atoms with van der Waals surface area (Å²) in [7, 11) is -0.136. The van der Waals surface area contributed by atoms with E-state index in [1.807, 2.05) is 18.5 Å². The third kappa shape index (κ3) is 3.76. The molecule has 0 unspecified atom stereocenters. The Labute approximate surface area is 79.6 Å². The number of hydrogen-bond donors (Lipinski definition) is 0. The molecule has 1 rings (SSSR count). The Morgan fingerprint density at radius 1 is 1.55 bits per heavy atom. The van der Waals surface area contributed by atoms with Gasteiger partial charge >= 0.3 is 79.5 Å². The van der Waals surface area contributed by atoms with Crippen LogP contribution in [0.2, 0.25) is 3.71 Å². The second kappa shape index (κ2) is 3.58. The van der Waals surface area contributed by atoms with E-state index in [2.05, 4.69) is 42.6 Å². The van der Waals surface area contributed by atoms with Crippen molar-refractivity contribution in [1.82, 2.24) is 4.98 Å². The Morgan fingerprint density at radius 2 is 2.27 bits per heavy atom. The molecule has 1 aromatic rings. The van der Waals surface area contributed by atoms with Gasteiger partial charge < -0.3 is 0 Å². The summed E-state index contributed by atoms with van der Waals surface area (Å²) in [5.41, 5.74) is 0. The fourth-order valence-corrected chi connectivity index (χ4v) is 2.79. The summed E-state index contributed by atoms with van der Waals surface area (Å²) >= 11 is 2.30. The van der Waals surface area contributed by atoms with Gasteiger partial charge in [-0.05, 0) is 0 Å². The summed E-state index contributed by atoms with van der Waals surface area (Å²) in [6.45, 7) is 4.60. The van der Waals surface area contributed by atoms with Crippen molar-refractivity contribution in [2.24, 2.45) is 0 Å². The van der Waals surface area contributed by atoms with Gasteiger partial charge in [-0.1, -0.05) is 0 Å². The van der Waals surface area contributed by atoms with Crippen molar-refractivity contribution >= 4 is 32.4 Å². The minimum absolute atomic E-state index is 0.136. The van der Waals surface area contributed by atoms with Gasteiger partial charge in [-0.2, -0.15) is 0 Å². The molecule has 3 heteroatoms. The minimum atomic E-state index is -0.136. The zero-order valence-electron chi connectivity index (χ0n) is 7.46. The van der Waals surface area contributed by atoms with E-state index in [0.717, 1.165) is 0 Å². The monoisotopic (exact) mass is 157 g/mol. The van der Waals surface area contributed by atoms with E-state index in [0.29, 0.717) is 3.71 Å². The standard InChI is InChI=1S/C8H12NSi.Li/c1-7(2)10-8-4-3-5-9-6-8;/h3-6H,10H2,1-2H3;. The predicted octanol–water partition coefficient (Wildman–Crippen LogP) is 0.200. The summed E-state index contributed by atoms with van der Waals surface area (Å²) in [4.78, 5) is 4.10. The van der Waals surface area contributed by atoms with E-state index in [9.17, 15) is 0 Å². The van der Waals surface area contributed by atoms with Gasteiger partial charge in [0.2, 0.25) is 0 Å². The summed E-state index contributed by atoms with van der Waals surface area (Å²) in [5.74, 6) is 0. The van der Waals surface area contributed by atoms with Gasteiger partial charge in [-0.15, -0.1) is 0 Å². The summed E-state index contributed by atoms with van der Waals surface area (Å²) in [5, 5.41) is 1.46. The van der Waals surface area contributed by atoms with Crippen molar-refractivity contribution < 1.29 is 0 Å². The number of hydrogen-bond acceptors (Lipinski definition) is 1. The summed E-state index contributed by atoms with van der Waals surface area (Å²) in [6, 6.07) is 4.21. The van der Waals surface area contributed by atoms with Gasteiger partial charge in [-0.25, -0.2) is 0 Å². The van der Waals surface area contributed by atoms with Crippen LogP contribution in [0.15, 0.2) is 24.5 Å². The van der Waals surface area contributed by atoms with Crippen molar-refractivity contribution in [2.45, 2.75) is 17.6 Å². The van der Waals surface area contributed by atoms with Crippen LogP contribution in [0.4, 0.5) is 0 Å². The van der Waals surface area contributed by atoms with Crippen molar-refractivity contribution in [3.63, 3.8) is 0 Å². The van der Waals surface area contributed by atoms with Gasteiger partial charge in [0.1, 0.15) is 0 Å². The zero-order valence-corrected chi connectivity index (χ0v) is 8.88. The summed E-state index contributed by atoms with van der Waals surface area (Å²) < 4.78 is 0.503. The SMILES string of the molecule is [Li][C](C)(C)[SiH2]c1cccnc1. The molecule has 1 aromatic heterocycles. The first-order valence-electron chi connectivity index (χ1n) is 3.97. The van der Waals surface area contributed by atoms with Crippen LogP contribution >= 0.6 is 0 Å². The molecule has 1 heterocycles. The van der Waals surface area contributed by atoms with Crippen molar-refractivity contribution in [1.29, 1.82) is 0 Å². The average Bonchev–Trinajstić information content (AvgIpc) is 1.85. The molecule has 11 heavy (non-hydrogen) atoms. The number of pyridine rings is 1. The molecule has 0 aliphatic carbocycles. The van der Waals surface area contributed by atoms with Crippen LogP contribution in [-0.2, 0) is 0 Å². The summed E-state index contributed by atoms with van der Waals surface area (Å²) in [6.07, 6.45) is 3.83. The Balaban J connectivity index is 2.66. The second-order valence-electron chi connectivity index (χ2n) is 4.10. The molecule has 0 N–H and O–H groups in total. The molecule has 0 spiro atoms. The van der Waals surface area contributed by atoms with Gasteiger partial charge in [0.15, 0.2) is 0 Å². The Kier molecular flexibility index (Phi) is 2.94. The number of aromatic nitrogens is 1. The first kappa shape index (κ1) is 9.06. The molecule has 0 radical (unpaired) electrons. The molecule has 1 nitrogen and oxygen atoms in total. The maximum atomic E-state index is 4.10. The van der Waals surface area contributed by atoms with Gasteiger partial charge in [0.05, 0.1) is 0 Å². The first-order chi connectivity index (χ1) is 5.08. The van der Waals surface area contributed by atoms with Crippen LogP contribution in [0.25, 0.3) is 0 Å². The van der Waals surface area contributed by atoms with E-state index >= 15 is 0 Å². The molecule has 0 amide bonds. The number of nitrogens with zero attached hydrogens (tertiary/aromatic N) is 1. The molecule has 0 bridgehead atoms. The first-order valence-corrected chi connectivity index (χ1v) is 5.38. The van der Waals surface area contributed by atoms with Crippen LogP contribution < -0.4 is 5.19 Å². The van der Waals surface area contributed by atoms with Crippen LogP contribution in [0, 0.1) is 0 Å². The molecule has 54 valence electrons. The van der Waals surface area contributed by atoms with Crippen LogP contribution in [-0.4, -0.2) is 32.2 Å². The molecule has 0 saturated heterocycles. The fraction of sp³-hybridized carbons (Fsp3) is 0.375. The van der Waals surface area contributed by atoms with Gasteiger partial charge in [0.25, 0.3) is 0 Å². The van der Waals surface area contributed by atoms with E-state index in [1.165, 1.54) is 5.19 Å². The van der Waals surface area contributed by atoms with Crippen LogP contribution in [0.3, 0.4) is 0 Å². The molecular formula is C8H12LiNSi. The molecular weight excluding hydrogens is 145 g/mol. The second-order valence-corrected chi connectivity index (χ2v) is 7.39. The quantitative estimate of drug-likeness (QED) is 0.559. The molecule has 0 fully saturated rings. The third-order valence-electron chi connectivity index (χ3n) is 1.46. The fourth-order valence-electron chi connectivity index (χ4n) is 1.12. The molecule has 0 aliphatic heterocycles. The zero-order chi connectivity index (χ0) is 8.32. The van der Waals surface area contributed by atoms with Crippen LogP contribution in [0.5, 0.6) is 0 Å². The maximum absolute atomic E-state index is 4.10. The Hall–Kier alpha value is -0.0357. The predicted molar refractivity (Wildman–Crippen MR) is 52.2 cm³/mol. The van der Waals surface area contributed by atoms with Crippen molar-refractivity contribution in [3.05, 3.63) is 24.5 Å². The van der Waals surface area contributed by atoms with Gasteiger partial charge in [-0.3, -0.25) is 0 Å². The third-order valence-corrected chi connectivity index (χ3v) is 3.34. The average molecular weight is 157 g/mol. The normalized spacial score (nSPS) is 12.7. The topological polar surface area (TPSA) is 12.9 Å². The van der Waals surface area contributed by atoms with E-state index in [-0.39, 0.29) is 9.52 Å².